The number of para-hydroxylation sites is 2. The van der Waals surface area contributed by atoms with Crippen molar-refractivity contribution in [2.24, 2.45) is 0 Å². The van der Waals surface area contributed by atoms with Gasteiger partial charge in [-0.3, -0.25) is 14.6 Å². The number of nitrogens with zero attached hydrogens (tertiary/aromatic N) is 1. The van der Waals surface area contributed by atoms with Crippen LogP contribution in [0.1, 0.15) is 22.8 Å². The highest BCUT2D eigenvalue weighted by Crippen LogP contribution is 2.17. The molecule has 142 valence electrons. The van der Waals surface area contributed by atoms with Gasteiger partial charge in [-0.1, -0.05) is 36.4 Å². The van der Waals surface area contributed by atoms with Gasteiger partial charge in [-0.15, -0.1) is 0 Å². The van der Waals surface area contributed by atoms with Crippen LogP contribution in [0.3, 0.4) is 0 Å². The minimum atomic E-state index is -0.714. The second-order valence-electron chi connectivity index (χ2n) is 6.15. The molecule has 2 N–H and O–H groups in total. The number of hydrogen-bond acceptors (Lipinski definition) is 4. The molecule has 3 rings (SSSR count). The fourth-order valence-corrected chi connectivity index (χ4v) is 2.56. The molecule has 0 aliphatic heterocycles. The van der Waals surface area contributed by atoms with E-state index in [4.69, 9.17) is 4.74 Å². The van der Waals surface area contributed by atoms with Crippen LogP contribution >= 0.6 is 0 Å². The van der Waals surface area contributed by atoms with Crippen molar-refractivity contribution in [1.82, 2.24) is 10.3 Å². The maximum absolute atomic E-state index is 12.6. The number of amides is 2. The first-order valence-corrected chi connectivity index (χ1v) is 8.92. The van der Waals surface area contributed by atoms with Crippen molar-refractivity contribution < 1.29 is 14.3 Å². The third-order valence-corrected chi connectivity index (χ3v) is 4.03. The van der Waals surface area contributed by atoms with E-state index >= 15 is 0 Å². The van der Waals surface area contributed by atoms with Crippen LogP contribution in [0, 0.1) is 0 Å². The van der Waals surface area contributed by atoms with Gasteiger partial charge in [0.1, 0.15) is 5.75 Å². The molecule has 1 heterocycles. The normalized spacial score (nSPS) is 11.3. The molecule has 0 radical (unpaired) electrons. The maximum Gasteiger partial charge on any atom is 0.265 e. The highest BCUT2D eigenvalue weighted by atomic mass is 16.5. The molecule has 0 fully saturated rings. The van der Waals surface area contributed by atoms with Crippen LogP contribution in [0.2, 0.25) is 0 Å². The molecule has 2 aromatic carbocycles. The minimum absolute atomic E-state index is 0.281. The van der Waals surface area contributed by atoms with E-state index < -0.39 is 6.10 Å². The third-order valence-electron chi connectivity index (χ3n) is 4.03. The van der Waals surface area contributed by atoms with Crippen LogP contribution in [-0.4, -0.2) is 22.9 Å². The van der Waals surface area contributed by atoms with Crippen molar-refractivity contribution in [1.29, 1.82) is 0 Å². The molecule has 0 aliphatic rings. The summed E-state index contributed by atoms with van der Waals surface area (Å²) in [6.07, 6.45) is 2.65. The van der Waals surface area contributed by atoms with Gasteiger partial charge in [-0.25, -0.2) is 0 Å². The number of aromatic nitrogens is 1. The van der Waals surface area contributed by atoms with E-state index in [9.17, 15) is 9.59 Å². The first-order valence-electron chi connectivity index (χ1n) is 8.92. The molecule has 1 aromatic heterocycles. The molecule has 0 saturated heterocycles. The topological polar surface area (TPSA) is 80.3 Å². The number of ether oxygens (including phenoxy) is 1. The molecule has 28 heavy (non-hydrogen) atoms. The average molecular weight is 375 g/mol. The number of benzene rings is 2. The first-order chi connectivity index (χ1) is 13.6. The Balaban J connectivity index is 1.64. The molecule has 6 nitrogen and oxygen atoms in total. The summed E-state index contributed by atoms with van der Waals surface area (Å²) in [5.74, 6) is -0.0135. The lowest BCUT2D eigenvalue weighted by Gasteiger charge is -2.16. The smallest absolute Gasteiger partial charge is 0.265 e. The summed E-state index contributed by atoms with van der Waals surface area (Å²) in [4.78, 5) is 29.1. The summed E-state index contributed by atoms with van der Waals surface area (Å²) < 4.78 is 5.63. The fraction of sp³-hybridized carbons (Fsp3) is 0.136. The van der Waals surface area contributed by atoms with E-state index in [0.29, 0.717) is 23.5 Å². The summed E-state index contributed by atoms with van der Waals surface area (Å²) in [5, 5.41) is 5.61. The first kappa shape index (κ1) is 19.1. The zero-order valence-corrected chi connectivity index (χ0v) is 15.5. The van der Waals surface area contributed by atoms with Crippen LogP contribution in [-0.2, 0) is 11.3 Å². The van der Waals surface area contributed by atoms with Gasteiger partial charge in [0.25, 0.3) is 11.8 Å². The molecule has 2 amide bonds. The van der Waals surface area contributed by atoms with Crippen LogP contribution in [0.15, 0.2) is 79.1 Å². The van der Waals surface area contributed by atoms with Crippen LogP contribution in [0.5, 0.6) is 5.75 Å². The number of hydrogen-bond donors (Lipinski definition) is 2. The Bertz CT molecular complexity index is 930. The Morgan fingerprint density at radius 2 is 1.75 bits per heavy atom. The number of pyridine rings is 1. The molecule has 0 saturated carbocycles. The molecule has 0 aliphatic carbocycles. The van der Waals surface area contributed by atoms with Gasteiger partial charge in [0, 0.05) is 18.9 Å². The Morgan fingerprint density at radius 3 is 2.50 bits per heavy atom. The fourth-order valence-electron chi connectivity index (χ4n) is 2.56. The molecule has 1 atom stereocenters. The van der Waals surface area contributed by atoms with Crippen molar-refractivity contribution in [3.63, 3.8) is 0 Å². The standard InChI is InChI=1S/C22H21N3O3/c1-16(28-18-9-3-2-4-10-18)21(26)25-20-12-6-5-11-19(20)22(27)24-15-17-8-7-13-23-14-17/h2-14,16H,15H2,1H3,(H,24,27)(H,25,26)/t16-/m0/s1. The van der Waals surface area contributed by atoms with Crippen molar-refractivity contribution in [2.75, 3.05) is 5.32 Å². The average Bonchev–Trinajstić information content (AvgIpc) is 2.74. The summed E-state index contributed by atoms with van der Waals surface area (Å²) in [6, 6.07) is 19.7. The number of anilines is 1. The second kappa shape index (κ2) is 9.32. The lowest BCUT2D eigenvalue weighted by atomic mass is 10.1. The van der Waals surface area contributed by atoms with Gasteiger partial charge in [0.15, 0.2) is 6.10 Å². The molecule has 0 bridgehead atoms. The third kappa shape index (κ3) is 5.17. The van der Waals surface area contributed by atoms with Crippen molar-refractivity contribution in [3.05, 3.63) is 90.3 Å². The van der Waals surface area contributed by atoms with Crippen LogP contribution in [0.25, 0.3) is 0 Å². The predicted octanol–water partition coefficient (Wildman–Crippen LogP) is 3.42. The molecule has 3 aromatic rings. The summed E-state index contributed by atoms with van der Waals surface area (Å²) in [5.41, 5.74) is 1.70. The van der Waals surface area contributed by atoms with E-state index in [1.807, 2.05) is 30.3 Å². The van der Waals surface area contributed by atoms with Crippen molar-refractivity contribution in [2.45, 2.75) is 19.6 Å². The summed E-state index contributed by atoms with van der Waals surface area (Å²) >= 11 is 0. The van der Waals surface area contributed by atoms with Gasteiger partial charge < -0.3 is 15.4 Å². The quantitative estimate of drug-likeness (QED) is 0.663. The lowest BCUT2D eigenvalue weighted by molar-refractivity contribution is -0.122. The predicted molar refractivity (Wildman–Crippen MR) is 107 cm³/mol. The highest BCUT2D eigenvalue weighted by molar-refractivity contribution is 6.04. The van der Waals surface area contributed by atoms with Gasteiger partial charge in [-0.2, -0.15) is 0 Å². The van der Waals surface area contributed by atoms with E-state index in [-0.39, 0.29) is 11.8 Å². The maximum atomic E-state index is 12.6. The number of nitrogens with one attached hydrogen (secondary N) is 2. The van der Waals surface area contributed by atoms with E-state index in [2.05, 4.69) is 15.6 Å². The van der Waals surface area contributed by atoms with Crippen LogP contribution in [0.4, 0.5) is 5.69 Å². The number of carbonyl (C=O) groups is 2. The Labute approximate surface area is 163 Å². The Morgan fingerprint density at radius 1 is 1.00 bits per heavy atom. The van der Waals surface area contributed by atoms with E-state index in [1.165, 1.54) is 0 Å². The molecule has 0 unspecified atom stereocenters. The minimum Gasteiger partial charge on any atom is -0.481 e. The number of rotatable bonds is 7. The lowest BCUT2D eigenvalue weighted by Crippen LogP contribution is -2.31. The van der Waals surface area contributed by atoms with E-state index in [1.54, 1.807) is 55.7 Å². The van der Waals surface area contributed by atoms with Crippen molar-refractivity contribution >= 4 is 17.5 Å². The van der Waals surface area contributed by atoms with Gasteiger partial charge in [-0.05, 0) is 42.8 Å². The van der Waals surface area contributed by atoms with Gasteiger partial charge in [0.05, 0.1) is 11.3 Å². The number of carbonyl (C=O) groups excluding carboxylic acids is 2. The molecule has 6 heteroatoms. The Hall–Kier alpha value is -3.67. The summed E-state index contributed by atoms with van der Waals surface area (Å²) in [6.45, 7) is 2.01. The zero-order chi connectivity index (χ0) is 19.8. The van der Waals surface area contributed by atoms with Gasteiger partial charge >= 0.3 is 0 Å². The molecular weight excluding hydrogens is 354 g/mol. The SMILES string of the molecule is C[C@H](Oc1ccccc1)C(=O)Nc1ccccc1C(=O)NCc1cccnc1. The largest absolute Gasteiger partial charge is 0.481 e. The molecular formula is C22H21N3O3. The van der Waals surface area contributed by atoms with Crippen LogP contribution < -0.4 is 15.4 Å². The monoisotopic (exact) mass is 375 g/mol. The van der Waals surface area contributed by atoms with Crippen molar-refractivity contribution in [3.8, 4) is 5.75 Å². The highest BCUT2D eigenvalue weighted by Gasteiger charge is 2.18. The van der Waals surface area contributed by atoms with E-state index in [0.717, 1.165) is 5.56 Å². The Kier molecular flexibility index (Phi) is 6.36. The molecule has 0 spiro atoms. The van der Waals surface area contributed by atoms with Gasteiger partial charge in [0.2, 0.25) is 0 Å². The second-order valence-corrected chi connectivity index (χ2v) is 6.15. The summed E-state index contributed by atoms with van der Waals surface area (Å²) in [7, 11) is 0. The zero-order valence-electron chi connectivity index (χ0n) is 15.5.